The van der Waals surface area contributed by atoms with E-state index in [1.807, 2.05) is 6.92 Å². The number of halogens is 1. The zero-order valence-corrected chi connectivity index (χ0v) is 15.9. The number of benzene rings is 1. The lowest BCUT2D eigenvalue weighted by molar-refractivity contribution is 0.411. The van der Waals surface area contributed by atoms with Gasteiger partial charge in [0.1, 0.15) is 11.4 Å². The van der Waals surface area contributed by atoms with Crippen LogP contribution in [0.15, 0.2) is 18.2 Å². The van der Waals surface area contributed by atoms with E-state index in [2.05, 4.69) is 30.4 Å². The Morgan fingerprint density at radius 1 is 1.30 bits per heavy atom. The Morgan fingerprint density at radius 3 is 2.74 bits per heavy atom. The molecule has 3 heterocycles. The highest BCUT2D eigenvalue weighted by Crippen LogP contribution is 2.33. The van der Waals surface area contributed by atoms with Crippen LogP contribution < -0.4 is 15.4 Å². The van der Waals surface area contributed by atoms with Crippen LogP contribution in [0.5, 0.6) is 5.75 Å². The van der Waals surface area contributed by atoms with E-state index in [-0.39, 0.29) is 0 Å². The van der Waals surface area contributed by atoms with Gasteiger partial charge in [-0.2, -0.15) is 4.68 Å². The minimum absolute atomic E-state index is 0.399. The third-order valence-corrected chi connectivity index (χ3v) is 5.18. The van der Waals surface area contributed by atoms with Crippen molar-refractivity contribution < 1.29 is 4.74 Å². The van der Waals surface area contributed by atoms with Crippen LogP contribution in [0.4, 0.5) is 11.9 Å². The van der Waals surface area contributed by atoms with Gasteiger partial charge in [-0.25, -0.2) is 4.98 Å². The Balaban J connectivity index is 1.56. The molecule has 1 saturated heterocycles. The second-order valence-electron chi connectivity index (χ2n) is 6.59. The molecule has 9 nitrogen and oxygen atoms in total. The Morgan fingerprint density at radius 2 is 2.07 bits per heavy atom. The smallest absolute Gasteiger partial charge is 0.250 e. The lowest BCUT2D eigenvalue weighted by atomic mass is 9.93. The lowest BCUT2D eigenvalue weighted by Gasteiger charge is -2.32. The summed E-state index contributed by atoms with van der Waals surface area (Å²) in [5.74, 6) is 2.21. The van der Waals surface area contributed by atoms with Crippen LogP contribution in [-0.4, -0.2) is 50.4 Å². The topological polar surface area (TPSA) is 111 Å². The average Bonchev–Trinajstić information content (AvgIpc) is 3.28. The standard InChI is InChI=1S/C17H21ClN8O/c1-10-15(21-16(19)20-10)11-5-7-25(8-6-11)17-22-23-24-26(17)13-9-12(18)3-4-14(13)27-2/h3-4,9,11H,5-8H2,1-2H3,(H3,19,20,21). The van der Waals surface area contributed by atoms with Gasteiger partial charge < -0.3 is 20.4 Å². The zero-order chi connectivity index (χ0) is 19.0. The van der Waals surface area contributed by atoms with Crippen molar-refractivity contribution in [1.29, 1.82) is 0 Å². The van der Waals surface area contributed by atoms with Crippen molar-refractivity contribution in [2.24, 2.45) is 0 Å². The molecule has 2 aromatic heterocycles. The monoisotopic (exact) mass is 388 g/mol. The Hall–Kier alpha value is -2.81. The number of nitrogens with one attached hydrogen (secondary N) is 1. The van der Waals surface area contributed by atoms with Gasteiger partial charge in [-0.3, -0.25) is 0 Å². The molecule has 4 rings (SSSR count). The number of nitrogen functional groups attached to an aromatic ring is 1. The van der Waals surface area contributed by atoms with Crippen molar-refractivity contribution in [3.8, 4) is 11.4 Å². The fraction of sp³-hybridized carbons (Fsp3) is 0.412. The summed E-state index contributed by atoms with van der Waals surface area (Å²) in [6, 6.07) is 5.38. The molecule has 0 aliphatic carbocycles. The van der Waals surface area contributed by atoms with Gasteiger partial charge in [0.2, 0.25) is 5.95 Å². The summed E-state index contributed by atoms with van der Waals surface area (Å²) in [6.07, 6.45) is 1.92. The normalized spacial score (nSPS) is 15.3. The maximum absolute atomic E-state index is 6.16. The maximum atomic E-state index is 6.16. The van der Waals surface area contributed by atoms with E-state index in [9.17, 15) is 0 Å². The lowest BCUT2D eigenvalue weighted by Crippen LogP contribution is -2.35. The molecule has 1 aliphatic rings. The van der Waals surface area contributed by atoms with Gasteiger partial charge in [0, 0.05) is 29.7 Å². The van der Waals surface area contributed by atoms with Crippen LogP contribution in [0.2, 0.25) is 5.02 Å². The SMILES string of the molecule is COc1ccc(Cl)cc1-n1nnnc1N1CCC(c2[nH]c(N)nc2C)CC1. The summed E-state index contributed by atoms with van der Waals surface area (Å²) in [7, 11) is 1.61. The van der Waals surface area contributed by atoms with E-state index < -0.39 is 0 Å². The average molecular weight is 389 g/mol. The first-order chi connectivity index (χ1) is 13.1. The number of tetrazole rings is 1. The van der Waals surface area contributed by atoms with Gasteiger partial charge >= 0.3 is 0 Å². The van der Waals surface area contributed by atoms with Crippen molar-refractivity contribution in [2.45, 2.75) is 25.7 Å². The predicted molar refractivity (Wildman–Crippen MR) is 103 cm³/mol. The number of aromatic nitrogens is 6. The van der Waals surface area contributed by atoms with Crippen LogP contribution in [0, 0.1) is 6.92 Å². The number of ether oxygens (including phenoxy) is 1. The molecule has 10 heteroatoms. The van der Waals surface area contributed by atoms with E-state index in [0.717, 1.165) is 37.3 Å². The van der Waals surface area contributed by atoms with Crippen molar-refractivity contribution in [3.05, 3.63) is 34.6 Å². The first kappa shape index (κ1) is 17.6. The third kappa shape index (κ3) is 3.30. The number of methoxy groups -OCH3 is 1. The molecule has 0 unspecified atom stereocenters. The molecule has 3 aromatic rings. The molecular weight excluding hydrogens is 368 g/mol. The summed E-state index contributed by atoms with van der Waals surface area (Å²) in [6.45, 7) is 3.64. The number of imidazole rings is 1. The highest BCUT2D eigenvalue weighted by atomic mass is 35.5. The third-order valence-electron chi connectivity index (χ3n) is 4.95. The first-order valence-corrected chi connectivity index (χ1v) is 9.14. The van der Waals surface area contributed by atoms with Crippen molar-refractivity contribution in [2.75, 3.05) is 30.8 Å². The number of aryl methyl sites for hydroxylation is 1. The second kappa shape index (κ2) is 7.07. The van der Waals surface area contributed by atoms with Crippen LogP contribution >= 0.6 is 11.6 Å². The molecular formula is C17H21ClN8O. The number of anilines is 2. The number of nitrogens with two attached hydrogens (primary N) is 1. The molecule has 1 fully saturated rings. The van der Waals surface area contributed by atoms with E-state index in [1.54, 1.807) is 30.0 Å². The Kier molecular flexibility index (Phi) is 4.61. The minimum Gasteiger partial charge on any atom is -0.494 e. The second-order valence-corrected chi connectivity index (χ2v) is 7.03. The van der Waals surface area contributed by atoms with E-state index in [4.69, 9.17) is 22.1 Å². The first-order valence-electron chi connectivity index (χ1n) is 8.76. The van der Waals surface area contributed by atoms with Gasteiger partial charge in [0.05, 0.1) is 12.8 Å². The Bertz CT molecular complexity index is 944. The van der Waals surface area contributed by atoms with Gasteiger partial charge in [0.15, 0.2) is 5.95 Å². The Labute approximate surface area is 161 Å². The van der Waals surface area contributed by atoms with Crippen LogP contribution in [0.25, 0.3) is 5.69 Å². The minimum atomic E-state index is 0.399. The highest BCUT2D eigenvalue weighted by molar-refractivity contribution is 6.30. The summed E-state index contributed by atoms with van der Waals surface area (Å²) in [5, 5.41) is 12.8. The van der Waals surface area contributed by atoms with Crippen molar-refractivity contribution in [1.82, 2.24) is 30.2 Å². The molecule has 0 atom stereocenters. The molecule has 0 bridgehead atoms. The highest BCUT2D eigenvalue weighted by Gasteiger charge is 2.27. The molecule has 0 amide bonds. The number of hydrogen-bond acceptors (Lipinski definition) is 7. The number of rotatable bonds is 4. The predicted octanol–water partition coefficient (Wildman–Crippen LogP) is 2.32. The number of aromatic amines is 1. The number of piperidine rings is 1. The van der Waals surface area contributed by atoms with E-state index in [1.165, 1.54) is 0 Å². The number of H-pyrrole nitrogens is 1. The number of hydrogen-bond donors (Lipinski definition) is 2. The number of nitrogens with zero attached hydrogens (tertiary/aromatic N) is 6. The summed E-state index contributed by atoms with van der Waals surface area (Å²) >= 11 is 6.16. The summed E-state index contributed by atoms with van der Waals surface area (Å²) in [5.41, 5.74) is 8.60. The van der Waals surface area contributed by atoms with Crippen LogP contribution in [0.3, 0.4) is 0 Å². The molecule has 0 radical (unpaired) electrons. The van der Waals surface area contributed by atoms with Gasteiger partial charge in [-0.1, -0.05) is 16.7 Å². The van der Waals surface area contributed by atoms with Gasteiger partial charge in [-0.15, -0.1) is 0 Å². The van der Waals surface area contributed by atoms with Crippen LogP contribution in [0.1, 0.15) is 30.1 Å². The van der Waals surface area contributed by atoms with Crippen molar-refractivity contribution in [3.63, 3.8) is 0 Å². The largest absolute Gasteiger partial charge is 0.494 e. The fourth-order valence-corrected chi connectivity index (χ4v) is 3.79. The molecule has 142 valence electrons. The molecule has 1 aliphatic heterocycles. The summed E-state index contributed by atoms with van der Waals surface area (Å²) < 4.78 is 7.11. The molecule has 0 saturated carbocycles. The quantitative estimate of drug-likeness (QED) is 0.705. The molecule has 0 spiro atoms. The molecule has 3 N–H and O–H groups in total. The molecule has 27 heavy (non-hydrogen) atoms. The van der Waals surface area contributed by atoms with Crippen LogP contribution in [-0.2, 0) is 0 Å². The van der Waals surface area contributed by atoms with Gasteiger partial charge in [-0.05, 0) is 48.4 Å². The van der Waals surface area contributed by atoms with E-state index in [0.29, 0.717) is 34.3 Å². The zero-order valence-electron chi connectivity index (χ0n) is 15.2. The molecule has 1 aromatic carbocycles. The summed E-state index contributed by atoms with van der Waals surface area (Å²) in [4.78, 5) is 9.65. The maximum Gasteiger partial charge on any atom is 0.250 e. The van der Waals surface area contributed by atoms with Gasteiger partial charge in [0.25, 0.3) is 0 Å². The van der Waals surface area contributed by atoms with E-state index >= 15 is 0 Å². The van der Waals surface area contributed by atoms with Crippen molar-refractivity contribution >= 4 is 23.5 Å². The fourth-order valence-electron chi connectivity index (χ4n) is 3.63.